The van der Waals surface area contributed by atoms with Crippen molar-refractivity contribution in [2.45, 2.75) is 6.18 Å². The van der Waals surface area contributed by atoms with Gasteiger partial charge in [0.1, 0.15) is 22.9 Å². The Morgan fingerprint density at radius 1 is 1.06 bits per heavy atom. The topological polar surface area (TPSA) is 105 Å². The molecule has 1 aromatic heterocycles. The number of hydrogen-bond acceptors (Lipinski definition) is 4. The van der Waals surface area contributed by atoms with Gasteiger partial charge in [0, 0.05) is 32.4 Å². The van der Waals surface area contributed by atoms with Crippen LogP contribution in [0.15, 0.2) is 42.5 Å². The molecule has 0 aliphatic carbocycles. The second-order valence-corrected chi connectivity index (χ2v) is 7.28. The maximum absolute atomic E-state index is 13.8. The SMILES string of the molecule is CN(C)c1c(C(N)=O)c(-c2ccc(NC(=O)Nc3cc(C(F)(F)F)ccc3F)cc2)nn1C. The van der Waals surface area contributed by atoms with Gasteiger partial charge in [0.2, 0.25) is 0 Å². The van der Waals surface area contributed by atoms with Crippen LogP contribution in [0.25, 0.3) is 11.3 Å². The average Bonchev–Trinajstić information content (AvgIpc) is 3.07. The summed E-state index contributed by atoms with van der Waals surface area (Å²) in [6.45, 7) is 0. The van der Waals surface area contributed by atoms with Gasteiger partial charge in [-0.1, -0.05) is 12.1 Å². The largest absolute Gasteiger partial charge is 0.416 e. The molecular formula is C21H20F4N6O2. The first-order valence-electron chi connectivity index (χ1n) is 9.47. The predicted octanol–water partition coefficient (Wildman–Crippen LogP) is 4.05. The molecule has 0 saturated heterocycles. The molecule has 0 bridgehead atoms. The number of nitrogens with one attached hydrogen (secondary N) is 2. The Balaban J connectivity index is 1.79. The number of halogens is 4. The van der Waals surface area contributed by atoms with Crippen molar-refractivity contribution in [2.75, 3.05) is 29.6 Å². The van der Waals surface area contributed by atoms with Crippen LogP contribution >= 0.6 is 0 Å². The van der Waals surface area contributed by atoms with E-state index in [-0.39, 0.29) is 11.3 Å². The van der Waals surface area contributed by atoms with E-state index in [0.29, 0.717) is 35.3 Å². The number of rotatable bonds is 5. The zero-order chi connectivity index (χ0) is 24.5. The van der Waals surface area contributed by atoms with Crippen molar-refractivity contribution in [1.82, 2.24) is 9.78 Å². The lowest BCUT2D eigenvalue weighted by Gasteiger charge is -2.13. The van der Waals surface area contributed by atoms with Crippen molar-refractivity contribution >= 4 is 29.1 Å². The molecule has 0 aliphatic heterocycles. The molecule has 0 saturated carbocycles. The highest BCUT2D eigenvalue weighted by Crippen LogP contribution is 2.32. The normalized spacial score (nSPS) is 11.2. The van der Waals surface area contributed by atoms with Gasteiger partial charge < -0.3 is 21.3 Å². The highest BCUT2D eigenvalue weighted by molar-refractivity contribution is 6.04. The molecule has 3 aromatic rings. The van der Waals surface area contributed by atoms with Gasteiger partial charge in [0.25, 0.3) is 5.91 Å². The van der Waals surface area contributed by atoms with Gasteiger partial charge in [-0.15, -0.1) is 0 Å². The molecule has 3 rings (SSSR count). The molecule has 0 radical (unpaired) electrons. The van der Waals surface area contributed by atoms with Gasteiger partial charge in [0.15, 0.2) is 0 Å². The fraction of sp³-hybridized carbons (Fsp3) is 0.190. The number of benzene rings is 2. The molecule has 0 atom stereocenters. The molecule has 4 N–H and O–H groups in total. The number of primary amides is 1. The number of carbonyl (C=O) groups excluding carboxylic acids is 2. The Labute approximate surface area is 186 Å². The van der Waals surface area contributed by atoms with Crippen LogP contribution in [0.5, 0.6) is 0 Å². The van der Waals surface area contributed by atoms with E-state index in [4.69, 9.17) is 5.73 Å². The van der Waals surface area contributed by atoms with Crippen LogP contribution in [0.2, 0.25) is 0 Å². The van der Waals surface area contributed by atoms with E-state index in [2.05, 4.69) is 15.7 Å². The number of urea groups is 1. The Bertz CT molecular complexity index is 1200. The second kappa shape index (κ2) is 8.81. The molecule has 8 nitrogen and oxygen atoms in total. The highest BCUT2D eigenvalue weighted by atomic mass is 19.4. The van der Waals surface area contributed by atoms with Gasteiger partial charge in [-0.05, 0) is 30.3 Å². The number of hydrogen-bond donors (Lipinski definition) is 3. The minimum Gasteiger partial charge on any atom is -0.365 e. The van der Waals surface area contributed by atoms with Gasteiger partial charge >= 0.3 is 12.2 Å². The molecule has 12 heteroatoms. The maximum Gasteiger partial charge on any atom is 0.416 e. The van der Waals surface area contributed by atoms with Crippen LogP contribution in [0, 0.1) is 5.82 Å². The van der Waals surface area contributed by atoms with Crippen LogP contribution in [0.1, 0.15) is 15.9 Å². The standard InChI is InChI=1S/C21H20F4N6O2/c1-30(2)19-16(18(26)32)17(29-31(19)3)11-4-7-13(8-5-11)27-20(33)28-15-10-12(21(23,24)25)6-9-14(15)22/h4-10H,1-3H3,(H2,26,32)(H2,27,28,33). The summed E-state index contributed by atoms with van der Waals surface area (Å²) in [5.41, 5.74) is 5.21. The first kappa shape index (κ1) is 23.6. The smallest absolute Gasteiger partial charge is 0.365 e. The number of amides is 3. The van der Waals surface area contributed by atoms with Crippen molar-refractivity contribution in [3.05, 3.63) is 59.4 Å². The predicted molar refractivity (Wildman–Crippen MR) is 116 cm³/mol. The summed E-state index contributed by atoms with van der Waals surface area (Å²) < 4.78 is 53.8. The number of aromatic nitrogens is 2. The fourth-order valence-corrected chi connectivity index (χ4v) is 3.25. The van der Waals surface area contributed by atoms with Crippen LogP contribution < -0.4 is 21.3 Å². The number of aryl methyl sites for hydroxylation is 1. The lowest BCUT2D eigenvalue weighted by Crippen LogP contribution is -2.20. The fourth-order valence-electron chi connectivity index (χ4n) is 3.25. The third-order valence-electron chi connectivity index (χ3n) is 4.65. The molecule has 1 heterocycles. The number of alkyl halides is 3. The number of carbonyl (C=O) groups is 2. The summed E-state index contributed by atoms with van der Waals surface area (Å²) in [4.78, 5) is 25.9. The van der Waals surface area contributed by atoms with Gasteiger partial charge in [-0.25, -0.2) is 9.18 Å². The third-order valence-corrected chi connectivity index (χ3v) is 4.65. The van der Waals surface area contributed by atoms with Crippen molar-refractivity contribution < 1.29 is 27.2 Å². The van der Waals surface area contributed by atoms with E-state index in [0.717, 1.165) is 0 Å². The van der Waals surface area contributed by atoms with E-state index in [1.54, 1.807) is 38.2 Å². The highest BCUT2D eigenvalue weighted by Gasteiger charge is 2.31. The number of anilines is 3. The number of nitrogens with two attached hydrogens (primary N) is 1. The van der Waals surface area contributed by atoms with Crippen molar-refractivity contribution in [3.8, 4) is 11.3 Å². The molecule has 0 aliphatic rings. The van der Waals surface area contributed by atoms with Gasteiger partial charge in [-0.2, -0.15) is 18.3 Å². The zero-order valence-corrected chi connectivity index (χ0v) is 17.8. The van der Waals surface area contributed by atoms with E-state index >= 15 is 0 Å². The zero-order valence-electron chi connectivity index (χ0n) is 17.8. The Hall–Kier alpha value is -4.09. The van der Waals surface area contributed by atoms with E-state index < -0.39 is 35.2 Å². The lowest BCUT2D eigenvalue weighted by atomic mass is 10.1. The Morgan fingerprint density at radius 2 is 1.70 bits per heavy atom. The van der Waals surface area contributed by atoms with E-state index in [9.17, 15) is 27.2 Å². The quantitative estimate of drug-likeness (QED) is 0.496. The second-order valence-electron chi connectivity index (χ2n) is 7.28. The first-order valence-corrected chi connectivity index (χ1v) is 9.47. The molecule has 174 valence electrons. The summed E-state index contributed by atoms with van der Waals surface area (Å²) >= 11 is 0. The summed E-state index contributed by atoms with van der Waals surface area (Å²) in [5, 5.41) is 8.81. The maximum atomic E-state index is 13.8. The molecule has 2 aromatic carbocycles. The van der Waals surface area contributed by atoms with E-state index in [1.807, 2.05) is 0 Å². The molecule has 3 amide bonds. The summed E-state index contributed by atoms with van der Waals surface area (Å²) in [6, 6.07) is 6.91. The summed E-state index contributed by atoms with van der Waals surface area (Å²) in [7, 11) is 5.15. The van der Waals surface area contributed by atoms with Gasteiger partial charge in [0.05, 0.1) is 11.3 Å². The average molecular weight is 464 g/mol. The summed E-state index contributed by atoms with van der Waals surface area (Å²) in [5.74, 6) is -1.16. The van der Waals surface area contributed by atoms with Crippen molar-refractivity contribution in [1.29, 1.82) is 0 Å². The minimum atomic E-state index is -4.68. The van der Waals surface area contributed by atoms with Crippen LogP contribution in [0.3, 0.4) is 0 Å². The summed E-state index contributed by atoms with van der Waals surface area (Å²) in [6.07, 6.45) is -4.68. The Morgan fingerprint density at radius 3 is 2.24 bits per heavy atom. The Kier molecular flexibility index (Phi) is 6.29. The minimum absolute atomic E-state index is 0.223. The monoisotopic (exact) mass is 464 g/mol. The van der Waals surface area contributed by atoms with Crippen LogP contribution in [0.4, 0.5) is 39.5 Å². The molecule has 0 spiro atoms. The lowest BCUT2D eigenvalue weighted by molar-refractivity contribution is -0.137. The molecule has 0 fully saturated rings. The number of nitrogens with zero attached hydrogens (tertiary/aromatic N) is 3. The molecule has 33 heavy (non-hydrogen) atoms. The molecule has 0 unspecified atom stereocenters. The molecular weight excluding hydrogens is 444 g/mol. The first-order chi connectivity index (χ1) is 15.4. The van der Waals surface area contributed by atoms with Crippen LogP contribution in [-0.4, -0.2) is 35.8 Å². The van der Waals surface area contributed by atoms with Crippen molar-refractivity contribution in [2.24, 2.45) is 12.8 Å². The van der Waals surface area contributed by atoms with Crippen LogP contribution in [-0.2, 0) is 13.2 Å². The van der Waals surface area contributed by atoms with Crippen molar-refractivity contribution in [3.63, 3.8) is 0 Å². The van der Waals surface area contributed by atoms with E-state index in [1.165, 1.54) is 16.8 Å². The third kappa shape index (κ3) is 5.05. The van der Waals surface area contributed by atoms with Gasteiger partial charge in [-0.3, -0.25) is 9.48 Å².